The lowest BCUT2D eigenvalue weighted by Crippen LogP contribution is -2.38. The molecule has 0 aromatic carbocycles. The third-order valence-corrected chi connectivity index (χ3v) is 3.22. The summed E-state index contributed by atoms with van der Waals surface area (Å²) in [7, 11) is 0. The van der Waals surface area contributed by atoms with Crippen molar-refractivity contribution in [1.82, 2.24) is 10.3 Å². The molecule has 21 heavy (non-hydrogen) atoms. The van der Waals surface area contributed by atoms with E-state index in [9.17, 15) is 22.8 Å². The highest BCUT2D eigenvalue weighted by molar-refractivity contribution is 5.94. The number of rotatable bonds is 5. The summed E-state index contributed by atoms with van der Waals surface area (Å²) in [6.07, 6.45) is -2.25. The molecule has 114 valence electrons. The van der Waals surface area contributed by atoms with Gasteiger partial charge in [-0.3, -0.25) is 14.6 Å². The minimum atomic E-state index is -4.56. The SMILES string of the molecule is O=C(O)CC(NC(=O)c1ccc(C(F)(F)F)nc1)C1CC1. The van der Waals surface area contributed by atoms with Crippen LogP contribution in [0.1, 0.15) is 35.3 Å². The Hall–Kier alpha value is -2.12. The van der Waals surface area contributed by atoms with Crippen LogP contribution in [-0.2, 0) is 11.0 Å². The summed E-state index contributed by atoms with van der Waals surface area (Å²) in [5.41, 5.74) is -1.11. The summed E-state index contributed by atoms with van der Waals surface area (Å²) in [5, 5.41) is 11.3. The van der Waals surface area contributed by atoms with Crippen molar-refractivity contribution in [3.05, 3.63) is 29.6 Å². The Kier molecular flexibility index (Phi) is 4.15. The van der Waals surface area contributed by atoms with Crippen molar-refractivity contribution < 1.29 is 27.9 Å². The number of carbonyl (C=O) groups is 2. The predicted octanol–water partition coefficient (Wildman–Crippen LogP) is 2.08. The summed E-state index contributed by atoms with van der Waals surface area (Å²) in [4.78, 5) is 25.8. The monoisotopic (exact) mass is 302 g/mol. The molecule has 0 saturated heterocycles. The van der Waals surface area contributed by atoms with E-state index >= 15 is 0 Å². The largest absolute Gasteiger partial charge is 0.481 e. The minimum Gasteiger partial charge on any atom is -0.481 e. The zero-order valence-corrected chi connectivity index (χ0v) is 10.9. The van der Waals surface area contributed by atoms with Gasteiger partial charge in [0.15, 0.2) is 0 Å². The number of hydrogen-bond donors (Lipinski definition) is 2. The Balaban J connectivity index is 2.03. The van der Waals surface area contributed by atoms with Crippen LogP contribution >= 0.6 is 0 Å². The van der Waals surface area contributed by atoms with E-state index in [1.165, 1.54) is 0 Å². The number of pyridine rings is 1. The molecule has 0 radical (unpaired) electrons. The normalized spacial score (nSPS) is 16.3. The van der Waals surface area contributed by atoms with Crippen LogP contribution in [0.2, 0.25) is 0 Å². The van der Waals surface area contributed by atoms with E-state index in [4.69, 9.17) is 5.11 Å². The maximum Gasteiger partial charge on any atom is 0.433 e. The number of aromatic nitrogens is 1. The van der Waals surface area contributed by atoms with Gasteiger partial charge >= 0.3 is 12.1 Å². The lowest BCUT2D eigenvalue weighted by atomic mass is 10.1. The van der Waals surface area contributed by atoms with Crippen molar-refractivity contribution in [2.75, 3.05) is 0 Å². The number of amides is 1. The Morgan fingerprint density at radius 1 is 1.38 bits per heavy atom. The highest BCUT2D eigenvalue weighted by atomic mass is 19.4. The molecule has 2 rings (SSSR count). The molecule has 1 aliphatic rings. The lowest BCUT2D eigenvalue weighted by Gasteiger charge is -2.16. The topological polar surface area (TPSA) is 79.3 Å². The fourth-order valence-electron chi connectivity index (χ4n) is 1.97. The fourth-order valence-corrected chi connectivity index (χ4v) is 1.97. The number of carboxylic acid groups (broad SMARTS) is 1. The first-order chi connectivity index (χ1) is 9.77. The summed E-state index contributed by atoms with van der Waals surface area (Å²) in [5.74, 6) is -1.53. The Morgan fingerprint density at radius 3 is 2.48 bits per heavy atom. The summed E-state index contributed by atoms with van der Waals surface area (Å²) < 4.78 is 37.1. The third kappa shape index (κ3) is 4.17. The smallest absolute Gasteiger partial charge is 0.433 e. The van der Waals surface area contributed by atoms with Crippen molar-refractivity contribution in [2.24, 2.45) is 5.92 Å². The zero-order chi connectivity index (χ0) is 15.6. The molecule has 1 unspecified atom stereocenters. The molecule has 5 nitrogen and oxygen atoms in total. The Labute approximate surface area is 118 Å². The second kappa shape index (κ2) is 5.71. The van der Waals surface area contributed by atoms with Crippen LogP contribution in [-0.4, -0.2) is 28.0 Å². The van der Waals surface area contributed by atoms with Crippen LogP contribution in [0.3, 0.4) is 0 Å². The zero-order valence-electron chi connectivity index (χ0n) is 10.9. The predicted molar refractivity (Wildman–Crippen MR) is 65.5 cm³/mol. The molecular weight excluding hydrogens is 289 g/mol. The minimum absolute atomic E-state index is 0.0287. The van der Waals surface area contributed by atoms with E-state index in [0.29, 0.717) is 0 Å². The van der Waals surface area contributed by atoms with Crippen molar-refractivity contribution in [1.29, 1.82) is 0 Å². The maximum absolute atomic E-state index is 12.4. The molecule has 1 atom stereocenters. The summed E-state index contributed by atoms with van der Waals surface area (Å²) in [6, 6.07) is 1.24. The van der Waals surface area contributed by atoms with Gasteiger partial charge in [-0.05, 0) is 30.9 Å². The molecule has 2 N–H and O–H groups in total. The summed E-state index contributed by atoms with van der Waals surface area (Å²) >= 11 is 0. The van der Waals surface area contributed by atoms with Crippen LogP contribution in [0.4, 0.5) is 13.2 Å². The second-order valence-corrected chi connectivity index (χ2v) is 4.95. The first-order valence-corrected chi connectivity index (χ1v) is 6.33. The number of aliphatic carboxylic acids is 1. The number of nitrogens with zero attached hydrogens (tertiary/aromatic N) is 1. The molecule has 1 fully saturated rings. The van der Waals surface area contributed by atoms with Crippen LogP contribution in [0.15, 0.2) is 18.3 Å². The number of halogens is 3. The highest BCUT2D eigenvalue weighted by Gasteiger charge is 2.35. The standard InChI is InChI=1S/C13H13F3N2O3/c14-13(15,16)10-4-3-8(6-17-10)12(21)18-9(5-11(19)20)7-1-2-7/h3-4,6-7,9H,1-2,5H2,(H,18,21)(H,19,20). The Bertz CT molecular complexity index is 539. The molecule has 1 aliphatic carbocycles. The molecule has 1 aromatic rings. The van der Waals surface area contributed by atoms with Crippen LogP contribution in [0.25, 0.3) is 0 Å². The average Bonchev–Trinajstić information content (AvgIpc) is 3.20. The van der Waals surface area contributed by atoms with Gasteiger partial charge in [-0.2, -0.15) is 13.2 Å². The van der Waals surface area contributed by atoms with Gasteiger partial charge in [0.25, 0.3) is 5.91 Å². The first kappa shape index (κ1) is 15.3. The molecule has 8 heteroatoms. The van der Waals surface area contributed by atoms with Crippen molar-refractivity contribution in [2.45, 2.75) is 31.5 Å². The van der Waals surface area contributed by atoms with Gasteiger partial charge in [-0.15, -0.1) is 0 Å². The number of nitrogens with one attached hydrogen (secondary N) is 1. The number of carbonyl (C=O) groups excluding carboxylic acids is 1. The van der Waals surface area contributed by atoms with Gasteiger partial charge in [-0.25, -0.2) is 0 Å². The van der Waals surface area contributed by atoms with Crippen molar-refractivity contribution >= 4 is 11.9 Å². The first-order valence-electron chi connectivity index (χ1n) is 6.33. The molecule has 0 aliphatic heterocycles. The van der Waals surface area contributed by atoms with Crippen molar-refractivity contribution in [3.63, 3.8) is 0 Å². The fraction of sp³-hybridized carbons (Fsp3) is 0.462. The van der Waals surface area contributed by atoms with Gasteiger partial charge in [0.05, 0.1) is 12.0 Å². The van der Waals surface area contributed by atoms with E-state index in [1.54, 1.807) is 0 Å². The van der Waals surface area contributed by atoms with E-state index in [0.717, 1.165) is 31.2 Å². The van der Waals surface area contributed by atoms with Crippen molar-refractivity contribution in [3.8, 4) is 0 Å². The molecule has 1 heterocycles. The Morgan fingerprint density at radius 2 is 2.05 bits per heavy atom. The van der Waals surface area contributed by atoms with Gasteiger partial charge in [0.1, 0.15) is 5.69 Å². The third-order valence-electron chi connectivity index (χ3n) is 3.22. The number of alkyl halides is 3. The lowest BCUT2D eigenvalue weighted by molar-refractivity contribution is -0.141. The van der Waals surface area contributed by atoms with E-state index in [-0.39, 0.29) is 17.9 Å². The summed E-state index contributed by atoms with van der Waals surface area (Å²) in [6.45, 7) is 0. The average molecular weight is 302 g/mol. The number of hydrogen-bond acceptors (Lipinski definition) is 3. The highest BCUT2D eigenvalue weighted by Crippen LogP contribution is 2.34. The van der Waals surface area contributed by atoms with Crippen LogP contribution in [0, 0.1) is 5.92 Å². The maximum atomic E-state index is 12.4. The quantitative estimate of drug-likeness (QED) is 0.873. The molecule has 1 saturated carbocycles. The van der Waals surface area contributed by atoms with Gasteiger partial charge in [-0.1, -0.05) is 0 Å². The molecular formula is C13H13F3N2O3. The van der Waals surface area contributed by atoms with Gasteiger partial charge in [0, 0.05) is 12.2 Å². The second-order valence-electron chi connectivity index (χ2n) is 4.95. The molecule has 1 amide bonds. The molecule has 1 aromatic heterocycles. The van der Waals surface area contributed by atoms with E-state index in [1.807, 2.05) is 0 Å². The van der Waals surface area contributed by atoms with Gasteiger partial charge < -0.3 is 10.4 Å². The van der Waals surface area contributed by atoms with Crippen LogP contribution in [0.5, 0.6) is 0 Å². The molecule has 0 bridgehead atoms. The van der Waals surface area contributed by atoms with E-state index in [2.05, 4.69) is 10.3 Å². The van der Waals surface area contributed by atoms with Crippen LogP contribution < -0.4 is 5.32 Å². The number of carboxylic acids is 1. The molecule has 0 spiro atoms. The van der Waals surface area contributed by atoms with Gasteiger partial charge in [0.2, 0.25) is 0 Å². The van der Waals surface area contributed by atoms with E-state index < -0.39 is 29.8 Å².